The first-order valence-electron chi connectivity index (χ1n) is 13.5. The van der Waals surface area contributed by atoms with Crippen molar-refractivity contribution in [3.63, 3.8) is 0 Å². The first-order valence-corrected chi connectivity index (χ1v) is 13.5. The van der Waals surface area contributed by atoms with Crippen LogP contribution in [0, 0.1) is 51.8 Å². The lowest BCUT2D eigenvalue weighted by Gasteiger charge is -2.63. The van der Waals surface area contributed by atoms with E-state index in [4.69, 9.17) is 0 Å². The van der Waals surface area contributed by atoms with E-state index in [9.17, 15) is 5.11 Å². The van der Waals surface area contributed by atoms with Crippen LogP contribution in [0.1, 0.15) is 106 Å². The minimum absolute atomic E-state index is 0.127. The molecule has 0 heterocycles. The molecule has 4 aliphatic rings. The summed E-state index contributed by atoms with van der Waals surface area (Å²) < 4.78 is 0. The summed E-state index contributed by atoms with van der Waals surface area (Å²) in [6, 6.07) is 0. The van der Waals surface area contributed by atoms with Crippen LogP contribution in [-0.4, -0.2) is 11.2 Å². The summed E-state index contributed by atoms with van der Waals surface area (Å²) in [6.07, 6.45) is 14.1. The number of allylic oxidation sites excluding steroid dienone is 2. The fraction of sp³-hybridized carbons (Fsp3) is 0.867. The maximum atomic E-state index is 10.5. The Morgan fingerprint density at radius 1 is 1.03 bits per heavy atom. The van der Waals surface area contributed by atoms with Crippen molar-refractivity contribution in [3.8, 4) is 0 Å². The molecule has 4 aliphatic carbocycles. The summed E-state index contributed by atoms with van der Waals surface area (Å²) in [5, 5.41) is 10.5. The Morgan fingerprint density at radius 3 is 2.39 bits per heavy atom. The summed E-state index contributed by atoms with van der Waals surface area (Å²) >= 11 is 0. The van der Waals surface area contributed by atoms with Crippen LogP contribution >= 0.6 is 0 Å². The highest BCUT2D eigenvalue weighted by Crippen LogP contribution is 2.73. The van der Waals surface area contributed by atoms with Gasteiger partial charge in [-0.3, -0.25) is 0 Å². The quantitative estimate of drug-likeness (QED) is 0.439. The van der Waals surface area contributed by atoms with Crippen LogP contribution in [0.15, 0.2) is 23.8 Å². The monoisotopic (exact) mass is 426 g/mol. The molecule has 31 heavy (non-hydrogen) atoms. The molecule has 1 unspecified atom stereocenters. The normalized spacial score (nSPS) is 47.9. The third kappa shape index (κ3) is 3.43. The second kappa shape index (κ2) is 8.03. The Morgan fingerprint density at radius 2 is 1.71 bits per heavy atom. The van der Waals surface area contributed by atoms with Crippen molar-refractivity contribution in [1.82, 2.24) is 0 Å². The summed E-state index contributed by atoms with van der Waals surface area (Å²) in [5.74, 6) is 4.27. The highest BCUT2D eigenvalue weighted by atomic mass is 16.3. The Balaban J connectivity index is 1.57. The highest BCUT2D eigenvalue weighted by Gasteiger charge is 2.65. The predicted octanol–water partition coefficient (Wildman–Crippen LogP) is 8.19. The topological polar surface area (TPSA) is 20.2 Å². The Hall–Kier alpha value is -0.560. The average molecular weight is 427 g/mol. The van der Waals surface area contributed by atoms with Crippen LogP contribution < -0.4 is 0 Å². The third-order valence-corrected chi connectivity index (χ3v) is 11.9. The van der Waals surface area contributed by atoms with Gasteiger partial charge in [-0.2, -0.15) is 0 Å². The molecule has 0 radical (unpaired) electrons. The fourth-order valence-electron chi connectivity index (χ4n) is 9.31. The van der Waals surface area contributed by atoms with E-state index in [1.54, 1.807) is 5.57 Å². The second-order valence-corrected chi connectivity index (χ2v) is 13.3. The fourth-order valence-corrected chi connectivity index (χ4v) is 9.31. The summed E-state index contributed by atoms with van der Waals surface area (Å²) in [4.78, 5) is 0. The van der Waals surface area contributed by atoms with Gasteiger partial charge >= 0.3 is 0 Å². The minimum atomic E-state index is -0.127. The molecule has 3 fully saturated rings. The minimum Gasteiger partial charge on any atom is -0.393 e. The van der Waals surface area contributed by atoms with E-state index in [0.717, 1.165) is 30.1 Å². The van der Waals surface area contributed by atoms with Gasteiger partial charge in [-0.25, -0.2) is 0 Å². The van der Waals surface area contributed by atoms with Gasteiger partial charge in [0.05, 0.1) is 6.10 Å². The van der Waals surface area contributed by atoms with Crippen LogP contribution in [0.2, 0.25) is 0 Å². The first kappa shape index (κ1) is 23.6. The number of hydrogen-bond acceptors (Lipinski definition) is 1. The molecule has 1 N–H and O–H groups in total. The molecule has 1 nitrogen and oxygen atoms in total. The summed E-state index contributed by atoms with van der Waals surface area (Å²) in [6.45, 7) is 21.7. The molecule has 9 atom stereocenters. The van der Waals surface area contributed by atoms with Gasteiger partial charge in [-0.05, 0) is 104 Å². The molecule has 176 valence electrons. The molecule has 0 spiro atoms. The molecular weight excluding hydrogens is 376 g/mol. The van der Waals surface area contributed by atoms with E-state index < -0.39 is 0 Å². The molecule has 0 saturated heterocycles. The number of aliphatic hydroxyl groups is 1. The van der Waals surface area contributed by atoms with Gasteiger partial charge < -0.3 is 5.11 Å². The van der Waals surface area contributed by atoms with Crippen LogP contribution in [-0.2, 0) is 0 Å². The van der Waals surface area contributed by atoms with Gasteiger partial charge in [0.2, 0.25) is 0 Å². The van der Waals surface area contributed by atoms with Gasteiger partial charge in [0, 0.05) is 5.92 Å². The molecule has 0 aromatic heterocycles. The lowest BCUT2D eigenvalue weighted by molar-refractivity contribution is -0.117. The largest absolute Gasteiger partial charge is 0.393 e. The van der Waals surface area contributed by atoms with Gasteiger partial charge in [0.25, 0.3) is 0 Å². The van der Waals surface area contributed by atoms with Crippen molar-refractivity contribution in [2.45, 2.75) is 112 Å². The predicted molar refractivity (Wildman–Crippen MR) is 133 cm³/mol. The number of fused-ring (bicyclic) bond motifs is 5. The third-order valence-electron chi connectivity index (χ3n) is 11.9. The smallest absolute Gasteiger partial charge is 0.0603 e. The zero-order valence-electron chi connectivity index (χ0n) is 21.6. The first-order chi connectivity index (χ1) is 14.5. The Bertz CT molecular complexity index is 733. The molecule has 4 rings (SSSR count). The second-order valence-electron chi connectivity index (χ2n) is 13.3. The van der Waals surface area contributed by atoms with E-state index in [1.165, 1.54) is 56.9 Å². The molecule has 0 aromatic rings. The molecule has 1 heteroatoms. The lowest BCUT2D eigenvalue weighted by Crippen LogP contribution is -2.56. The molecule has 0 aromatic carbocycles. The molecule has 0 aliphatic heterocycles. The maximum absolute atomic E-state index is 10.5. The van der Waals surface area contributed by atoms with E-state index >= 15 is 0 Å². The van der Waals surface area contributed by atoms with E-state index in [0.29, 0.717) is 28.1 Å². The van der Waals surface area contributed by atoms with Gasteiger partial charge in [0.1, 0.15) is 0 Å². The highest BCUT2D eigenvalue weighted by molar-refractivity contribution is 5.28. The van der Waals surface area contributed by atoms with Gasteiger partial charge in [-0.1, -0.05) is 72.3 Å². The summed E-state index contributed by atoms with van der Waals surface area (Å²) in [5.41, 5.74) is 4.32. The number of hydrogen-bond donors (Lipinski definition) is 1. The van der Waals surface area contributed by atoms with E-state index in [1.807, 2.05) is 0 Å². The van der Waals surface area contributed by atoms with E-state index in [2.05, 4.69) is 61.1 Å². The molecular formula is C30H50O. The van der Waals surface area contributed by atoms with Crippen molar-refractivity contribution in [2.24, 2.45) is 51.8 Å². The van der Waals surface area contributed by atoms with Crippen LogP contribution in [0.3, 0.4) is 0 Å². The van der Waals surface area contributed by atoms with E-state index in [-0.39, 0.29) is 6.10 Å². The zero-order chi connectivity index (χ0) is 22.8. The van der Waals surface area contributed by atoms with Crippen molar-refractivity contribution < 1.29 is 5.11 Å². The molecule has 0 amide bonds. The Kier molecular flexibility index (Phi) is 6.11. The SMILES string of the molecule is C=C(CC[C@@H](C)[C@H]1CC[C@@]2(C)[C@@H]3CC=C4C(C)[C@@H](O)CC[C@]4(C)[C@H]3CC[C@]12C)C(C)C. The van der Waals surface area contributed by atoms with Crippen molar-refractivity contribution >= 4 is 0 Å². The molecule has 0 bridgehead atoms. The standard InChI is InChI=1S/C30H50O/c1-19(2)20(3)9-10-21(4)23-13-17-30(8)26-12-11-24-22(5)27(31)15-16-28(24,6)25(26)14-18-29(23,30)7/h11,19,21-23,25-27,31H,3,9-10,12-18H2,1-2,4-8H3/t21-,22?,23-,25+,26-,27+,28+,29-,30+/m1/s1. The Labute approximate surface area is 193 Å². The average Bonchev–Trinajstić information content (AvgIpc) is 3.00. The van der Waals surface area contributed by atoms with Crippen LogP contribution in [0.25, 0.3) is 0 Å². The maximum Gasteiger partial charge on any atom is 0.0603 e. The number of rotatable bonds is 5. The van der Waals surface area contributed by atoms with Crippen molar-refractivity contribution in [2.75, 3.05) is 0 Å². The van der Waals surface area contributed by atoms with Crippen molar-refractivity contribution in [3.05, 3.63) is 23.8 Å². The van der Waals surface area contributed by atoms with Crippen LogP contribution in [0.4, 0.5) is 0 Å². The van der Waals surface area contributed by atoms with Crippen molar-refractivity contribution in [1.29, 1.82) is 0 Å². The number of aliphatic hydroxyl groups excluding tert-OH is 1. The summed E-state index contributed by atoms with van der Waals surface area (Å²) in [7, 11) is 0. The van der Waals surface area contributed by atoms with Crippen LogP contribution in [0.5, 0.6) is 0 Å². The van der Waals surface area contributed by atoms with Gasteiger partial charge in [-0.15, -0.1) is 0 Å². The lowest BCUT2D eigenvalue weighted by atomic mass is 9.41. The molecule has 3 saturated carbocycles. The zero-order valence-corrected chi connectivity index (χ0v) is 21.6. The van der Waals surface area contributed by atoms with Gasteiger partial charge in [0.15, 0.2) is 0 Å².